The molecular formula is C32H42N2O6. The van der Waals surface area contributed by atoms with Gasteiger partial charge in [0.05, 0.1) is 5.71 Å². The summed E-state index contributed by atoms with van der Waals surface area (Å²) in [6.07, 6.45) is 9.42. The number of carbonyl (C=O) groups excluding carboxylic acids is 2. The van der Waals surface area contributed by atoms with Gasteiger partial charge in [-0.1, -0.05) is 54.9 Å². The van der Waals surface area contributed by atoms with Crippen molar-refractivity contribution in [3.05, 3.63) is 47.5 Å². The molecule has 0 aliphatic heterocycles. The minimum Gasteiger partial charge on any atom is -0.480 e. The number of ketones is 1. The lowest BCUT2D eigenvalue weighted by Gasteiger charge is -2.59. The van der Waals surface area contributed by atoms with E-state index >= 15 is 0 Å². The average molecular weight is 551 g/mol. The molecule has 216 valence electrons. The van der Waals surface area contributed by atoms with Crippen LogP contribution in [0, 0.1) is 28.6 Å². The van der Waals surface area contributed by atoms with Crippen molar-refractivity contribution in [1.82, 2.24) is 5.32 Å². The third-order valence-electron chi connectivity index (χ3n) is 11.0. The molecule has 0 bridgehead atoms. The highest BCUT2D eigenvalue weighted by Crippen LogP contribution is 2.67. The zero-order chi connectivity index (χ0) is 28.7. The van der Waals surface area contributed by atoms with Gasteiger partial charge in [-0.05, 0) is 93.1 Å². The molecule has 40 heavy (non-hydrogen) atoms. The van der Waals surface area contributed by atoms with Crippen LogP contribution < -0.4 is 5.32 Å². The van der Waals surface area contributed by atoms with Crippen LogP contribution in [0.4, 0.5) is 0 Å². The molecule has 1 amide bonds. The number of aliphatic carboxylic acids is 1. The fraction of sp³-hybridized carbons (Fsp3) is 0.625. The Morgan fingerprint density at radius 3 is 2.48 bits per heavy atom. The Labute approximate surface area is 236 Å². The van der Waals surface area contributed by atoms with Crippen molar-refractivity contribution in [2.75, 3.05) is 6.61 Å². The molecule has 0 saturated heterocycles. The van der Waals surface area contributed by atoms with Crippen LogP contribution in [-0.4, -0.2) is 51.8 Å². The summed E-state index contributed by atoms with van der Waals surface area (Å²) in [5.74, 6) is -0.306. The largest absolute Gasteiger partial charge is 0.480 e. The molecule has 3 saturated carbocycles. The first-order valence-corrected chi connectivity index (χ1v) is 14.7. The van der Waals surface area contributed by atoms with Crippen molar-refractivity contribution >= 4 is 23.4 Å². The SMILES string of the molecule is CC(=O)[C@@]1(O)CC[C@@H]2[C@@H]3CCC4=C/C(=N/OCC(=O)N[C@H](Cc5ccccc5)C(=O)O)CC[C@]4(C)[C@@H]3CC[C@@]21C. The molecule has 5 rings (SSSR count). The third-order valence-corrected chi connectivity index (χ3v) is 11.0. The third kappa shape index (κ3) is 4.89. The molecule has 0 radical (unpaired) electrons. The second kappa shape index (κ2) is 10.8. The number of amides is 1. The van der Waals surface area contributed by atoms with Gasteiger partial charge in [-0.15, -0.1) is 0 Å². The van der Waals surface area contributed by atoms with E-state index in [2.05, 4.69) is 30.4 Å². The number of fused-ring (bicyclic) bond motifs is 5. The van der Waals surface area contributed by atoms with Gasteiger partial charge in [0.25, 0.3) is 5.91 Å². The van der Waals surface area contributed by atoms with Gasteiger partial charge < -0.3 is 20.4 Å². The fourth-order valence-corrected chi connectivity index (χ4v) is 8.70. The number of nitrogens with one attached hydrogen (secondary N) is 1. The normalized spacial score (nSPS) is 36.5. The van der Waals surface area contributed by atoms with Crippen LogP contribution in [0.2, 0.25) is 0 Å². The zero-order valence-corrected chi connectivity index (χ0v) is 23.8. The first kappa shape index (κ1) is 28.5. The summed E-state index contributed by atoms with van der Waals surface area (Å²) in [5, 5.41) is 27.7. The molecule has 3 fully saturated rings. The lowest BCUT2D eigenvalue weighted by molar-refractivity contribution is -0.159. The van der Waals surface area contributed by atoms with Crippen LogP contribution in [0.1, 0.15) is 77.7 Å². The molecule has 0 heterocycles. The average Bonchev–Trinajstić information content (AvgIpc) is 3.20. The summed E-state index contributed by atoms with van der Waals surface area (Å²) in [5.41, 5.74) is 1.54. The number of oxime groups is 1. The Bertz CT molecular complexity index is 1230. The molecule has 0 unspecified atom stereocenters. The molecule has 1 aromatic rings. The maximum absolute atomic E-state index is 12.5. The van der Waals surface area contributed by atoms with E-state index in [1.54, 1.807) is 6.92 Å². The van der Waals surface area contributed by atoms with E-state index in [0.29, 0.717) is 24.2 Å². The van der Waals surface area contributed by atoms with E-state index in [1.165, 1.54) is 5.57 Å². The number of aliphatic hydroxyl groups is 1. The Hall–Kier alpha value is -3.00. The molecule has 4 aliphatic carbocycles. The van der Waals surface area contributed by atoms with Crippen molar-refractivity contribution in [2.45, 2.75) is 90.2 Å². The molecular weight excluding hydrogens is 508 g/mol. The predicted molar refractivity (Wildman–Crippen MR) is 150 cm³/mol. The van der Waals surface area contributed by atoms with Gasteiger partial charge in [0.1, 0.15) is 11.6 Å². The Kier molecular flexibility index (Phi) is 7.68. The molecule has 0 aromatic heterocycles. The van der Waals surface area contributed by atoms with Gasteiger partial charge in [-0.2, -0.15) is 0 Å². The monoisotopic (exact) mass is 550 g/mol. The van der Waals surface area contributed by atoms with Crippen LogP contribution in [0.25, 0.3) is 0 Å². The van der Waals surface area contributed by atoms with Gasteiger partial charge in [-0.25, -0.2) is 4.79 Å². The fourth-order valence-electron chi connectivity index (χ4n) is 8.70. The van der Waals surface area contributed by atoms with Gasteiger partial charge in [0.2, 0.25) is 0 Å². The summed E-state index contributed by atoms with van der Waals surface area (Å²) >= 11 is 0. The summed E-state index contributed by atoms with van der Waals surface area (Å²) in [6.45, 7) is 5.72. The number of rotatable bonds is 8. The number of allylic oxidation sites excluding steroid dienone is 2. The van der Waals surface area contributed by atoms with Gasteiger partial charge in [0.15, 0.2) is 12.4 Å². The Morgan fingerprint density at radius 2 is 1.77 bits per heavy atom. The minimum atomic E-state index is -1.19. The Morgan fingerprint density at radius 1 is 1.05 bits per heavy atom. The van der Waals surface area contributed by atoms with E-state index in [1.807, 2.05) is 30.3 Å². The maximum atomic E-state index is 12.5. The van der Waals surface area contributed by atoms with Gasteiger partial charge in [-0.3, -0.25) is 9.59 Å². The zero-order valence-electron chi connectivity index (χ0n) is 23.8. The molecule has 8 nitrogen and oxygen atoms in total. The number of carboxylic acid groups (broad SMARTS) is 1. The van der Waals surface area contributed by atoms with E-state index < -0.39 is 23.5 Å². The standard InChI is InChI=1S/C32H42N2O6/c1-20(35)32(39)16-13-26-24-10-9-22-18-23(11-14-30(22,2)25(24)12-15-31(26,32)3)34-40-19-28(36)33-27(29(37)38)17-21-7-5-4-6-8-21/h4-8,18,24-27,39H,9-17,19H2,1-3H3,(H,33,36)(H,37,38)/b34-23+/t24-,25-,26-,27-,30+,31+,32+/m1/s1. The van der Waals surface area contributed by atoms with Crippen molar-refractivity contribution < 1.29 is 29.4 Å². The number of benzene rings is 1. The minimum absolute atomic E-state index is 0.0592. The Balaban J connectivity index is 1.20. The van der Waals surface area contributed by atoms with Crippen LogP contribution >= 0.6 is 0 Å². The molecule has 1 aromatic carbocycles. The summed E-state index contributed by atoms with van der Waals surface area (Å²) < 4.78 is 0. The molecule has 7 atom stereocenters. The number of hydrogen-bond acceptors (Lipinski definition) is 6. The van der Waals surface area contributed by atoms with Crippen molar-refractivity contribution in [1.29, 1.82) is 0 Å². The van der Waals surface area contributed by atoms with E-state index in [4.69, 9.17) is 4.84 Å². The van der Waals surface area contributed by atoms with Crippen molar-refractivity contribution in [2.24, 2.45) is 33.7 Å². The number of nitrogens with zero attached hydrogens (tertiary/aromatic N) is 1. The number of carboxylic acids is 1. The highest BCUT2D eigenvalue weighted by atomic mass is 16.6. The maximum Gasteiger partial charge on any atom is 0.326 e. The number of Topliss-reactive ketones (excluding diaryl/α,β-unsaturated/α-hetero) is 1. The summed E-state index contributed by atoms with van der Waals surface area (Å²) in [6, 6.07) is 8.14. The number of hydrogen-bond donors (Lipinski definition) is 3. The quantitative estimate of drug-likeness (QED) is 0.411. The summed E-state index contributed by atoms with van der Waals surface area (Å²) in [4.78, 5) is 41.9. The first-order valence-electron chi connectivity index (χ1n) is 14.7. The molecule has 4 aliphatic rings. The molecule has 3 N–H and O–H groups in total. The highest BCUT2D eigenvalue weighted by Gasteiger charge is 2.65. The second-order valence-electron chi connectivity index (χ2n) is 12.9. The summed E-state index contributed by atoms with van der Waals surface area (Å²) in [7, 11) is 0. The van der Waals surface area contributed by atoms with Gasteiger partial charge >= 0.3 is 5.97 Å². The number of carbonyl (C=O) groups is 3. The smallest absolute Gasteiger partial charge is 0.326 e. The molecule has 0 spiro atoms. The van der Waals surface area contributed by atoms with Crippen molar-refractivity contribution in [3.8, 4) is 0 Å². The highest BCUT2D eigenvalue weighted by molar-refractivity contribution is 5.96. The second-order valence-corrected chi connectivity index (χ2v) is 12.9. The lowest BCUT2D eigenvalue weighted by Crippen LogP contribution is -2.57. The topological polar surface area (TPSA) is 125 Å². The van der Waals surface area contributed by atoms with Gasteiger partial charge in [0, 0.05) is 11.8 Å². The van der Waals surface area contributed by atoms with E-state index in [-0.39, 0.29) is 29.6 Å². The lowest BCUT2D eigenvalue weighted by atomic mass is 9.46. The van der Waals surface area contributed by atoms with Crippen LogP contribution in [-0.2, 0) is 25.6 Å². The van der Waals surface area contributed by atoms with Crippen molar-refractivity contribution in [3.63, 3.8) is 0 Å². The van der Waals surface area contributed by atoms with Crippen LogP contribution in [0.5, 0.6) is 0 Å². The molecule has 8 heteroatoms. The van der Waals surface area contributed by atoms with Crippen LogP contribution in [0.15, 0.2) is 47.1 Å². The van der Waals surface area contributed by atoms with E-state index in [0.717, 1.165) is 56.2 Å². The first-order chi connectivity index (χ1) is 19.0. The van der Waals surface area contributed by atoms with Crippen LogP contribution in [0.3, 0.4) is 0 Å². The van der Waals surface area contributed by atoms with E-state index in [9.17, 15) is 24.6 Å². The predicted octanol–water partition coefficient (Wildman–Crippen LogP) is 4.45.